The number of aryl methyl sites for hydroxylation is 1. The van der Waals surface area contributed by atoms with Gasteiger partial charge in [-0.25, -0.2) is 4.98 Å². The minimum absolute atomic E-state index is 0.536. The Morgan fingerprint density at radius 2 is 2.31 bits per heavy atom. The molecular weight excluding hydrogens is 220 g/mol. The predicted molar refractivity (Wildman–Crippen MR) is 69.6 cm³/mol. The molecule has 0 unspecified atom stereocenters. The van der Waals surface area contributed by atoms with Crippen molar-refractivity contribution in [2.45, 2.75) is 27.3 Å². The zero-order chi connectivity index (χ0) is 12.1. The summed E-state index contributed by atoms with van der Waals surface area (Å²) in [5, 5.41) is 3.14. The van der Waals surface area contributed by atoms with Crippen LogP contribution in [0.4, 0.5) is 0 Å². The number of nitrogens with zero attached hydrogens (tertiary/aromatic N) is 3. The van der Waals surface area contributed by atoms with Gasteiger partial charge in [0.15, 0.2) is 5.96 Å². The van der Waals surface area contributed by atoms with Crippen molar-refractivity contribution in [2.24, 2.45) is 16.6 Å². The third kappa shape index (κ3) is 4.18. The third-order valence-electron chi connectivity index (χ3n) is 2.08. The second-order valence-electron chi connectivity index (χ2n) is 4.31. The summed E-state index contributed by atoms with van der Waals surface area (Å²) in [7, 11) is 1.94. The van der Waals surface area contributed by atoms with E-state index < -0.39 is 0 Å². The molecule has 1 heterocycles. The lowest BCUT2D eigenvalue weighted by Gasteiger charge is -2.17. The molecule has 0 spiro atoms. The van der Waals surface area contributed by atoms with Crippen molar-refractivity contribution in [1.82, 2.24) is 9.88 Å². The highest BCUT2D eigenvalue weighted by molar-refractivity contribution is 7.09. The standard InChI is InChI=1S/C11H20N4S/c1-8(2)5-13-11(12)15(4)6-10-7-16-9(3)14-10/h7-8H,5-6H2,1-4H3,(H2,12,13). The van der Waals surface area contributed by atoms with Gasteiger partial charge in [0, 0.05) is 19.0 Å². The lowest BCUT2D eigenvalue weighted by atomic mass is 10.2. The number of aliphatic imine (C=N–C) groups is 1. The first-order chi connectivity index (χ1) is 7.49. The fourth-order valence-electron chi connectivity index (χ4n) is 1.20. The van der Waals surface area contributed by atoms with Crippen LogP contribution in [0.25, 0.3) is 0 Å². The van der Waals surface area contributed by atoms with Gasteiger partial charge >= 0.3 is 0 Å². The summed E-state index contributed by atoms with van der Waals surface area (Å²) in [6, 6.07) is 0. The van der Waals surface area contributed by atoms with Gasteiger partial charge in [0.2, 0.25) is 0 Å². The maximum absolute atomic E-state index is 5.87. The summed E-state index contributed by atoms with van der Waals surface area (Å²) in [5.74, 6) is 1.12. The highest BCUT2D eigenvalue weighted by atomic mass is 32.1. The van der Waals surface area contributed by atoms with Gasteiger partial charge in [0.1, 0.15) is 0 Å². The van der Waals surface area contributed by atoms with Crippen LogP contribution >= 0.6 is 11.3 Å². The largest absolute Gasteiger partial charge is 0.370 e. The van der Waals surface area contributed by atoms with E-state index in [0.717, 1.165) is 23.8 Å². The zero-order valence-corrected chi connectivity index (χ0v) is 11.2. The van der Waals surface area contributed by atoms with Crippen molar-refractivity contribution >= 4 is 17.3 Å². The lowest BCUT2D eigenvalue weighted by Crippen LogP contribution is -2.34. The molecule has 0 aliphatic carbocycles. The number of guanidine groups is 1. The van der Waals surface area contributed by atoms with Gasteiger partial charge in [-0.05, 0) is 12.8 Å². The zero-order valence-electron chi connectivity index (χ0n) is 10.4. The molecular formula is C11H20N4S. The number of nitrogens with two attached hydrogens (primary N) is 1. The van der Waals surface area contributed by atoms with Gasteiger partial charge in [-0.1, -0.05) is 13.8 Å². The summed E-state index contributed by atoms with van der Waals surface area (Å²) >= 11 is 1.66. The molecule has 0 atom stereocenters. The van der Waals surface area contributed by atoms with Crippen molar-refractivity contribution < 1.29 is 0 Å². The quantitative estimate of drug-likeness (QED) is 0.645. The molecule has 5 heteroatoms. The van der Waals surface area contributed by atoms with Crippen LogP contribution in [0.3, 0.4) is 0 Å². The Bertz CT molecular complexity index is 357. The Labute approximate surface area is 101 Å². The topological polar surface area (TPSA) is 54.5 Å². The summed E-state index contributed by atoms with van der Waals surface area (Å²) < 4.78 is 0. The van der Waals surface area contributed by atoms with Gasteiger partial charge in [-0.15, -0.1) is 11.3 Å². The minimum Gasteiger partial charge on any atom is -0.370 e. The fourth-order valence-corrected chi connectivity index (χ4v) is 1.81. The maximum atomic E-state index is 5.87. The molecule has 0 aliphatic rings. The van der Waals surface area contributed by atoms with Crippen molar-refractivity contribution in [1.29, 1.82) is 0 Å². The Hall–Kier alpha value is -1.10. The summed E-state index contributed by atoms with van der Waals surface area (Å²) in [6.07, 6.45) is 0. The molecule has 0 aliphatic heterocycles. The average molecular weight is 240 g/mol. The van der Waals surface area contributed by atoms with E-state index >= 15 is 0 Å². The molecule has 0 fully saturated rings. The van der Waals surface area contributed by atoms with Crippen LogP contribution in [0.1, 0.15) is 24.5 Å². The van der Waals surface area contributed by atoms with Gasteiger partial charge in [-0.2, -0.15) is 0 Å². The van der Waals surface area contributed by atoms with Crippen molar-refractivity contribution in [3.8, 4) is 0 Å². The Balaban J connectivity index is 2.51. The van der Waals surface area contributed by atoms with Gasteiger partial charge in [0.25, 0.3) is 0 Å². The van der Waals surface area contributed by atoms with Gasteiger partial charge in [-0.3, -0.25) is 4.99 Å². The van der Waals surface area contributed by atoms with Crippen LogP contribution in [0, 0.1) is 12.8 Å². The molecule has 4 nitrogen and oxygen atoms in total. The SMILES string of the molecule is Cc1nc(CN(C)C(N)=NCC(C)C)cs1. The van der Waals surface area contributed by atoms with Crippen molar-refractivity contribution in [3.63, 3.8) is 0 Å². The number of aromatic nitrogens is 1. The summed E-state index contributed by atoms with van der Waals surface area (Å²) in [4.78, 5) is 10.6. The number of hydrogen-bond acceptors (Lipinski definition) is 3. The first kappa shape index (κ1) is 13.0. The van der Waals surface area contributed by atoms with Crippen LogP contribution in [-0.2, 0) is 6.54 Å². The Morgan fingerprint density at radius 3 is 2.81 bits per heavy atom. The minimum atomic E-state index is 0.536. The maximum Gasteiger partial charge on any atom is 0.191 e. The molecule has 90 valence electrons. The van der Waals surface area contributed by atoms with Gasteiger partial charge in [0.05, 0.1) is 17.2 Å². The highest BCUT2D eigenvalue weighted by Crippen LogP contribution is 2.09. The molecule has 1 aromatic heterocycles. The number of hydrogen-bond donors (Lipinski definition) is 1. The van der Waals surface area contributed by atoms with Crippen LogP contribution in [0.15, 0.2) is 10.4 Å². The Kier molecular flexibility index (Phi) is 4.73. The number of thiazole rings is 1. The molecule has 0 saturated carbocycles. The first-order valence-electron chi connectivity index (χ1n) is 5.41. The van der Waals surface area contributed by atoms with Crippen LogP contribution < -0.4 is 5.73 Å². The second kappa shape index (κ2) is 5.84. The molecule has 0 bridgehead atoms. The monoisotopic (exact) mass is 240 g/mol. The average Bonchev–Trinajstić information content (AvgIpc) is 2.60. The van der Waals surface area contributed by atoms with E-state index in [1.165, 1.54) is 0 Å². The fraction of sp³-hybridized carbons (Fsp3) is 0.636. The summed E-state index contributed by atoms with van der Waals surface area (Å²) in [6.45, 7) is 7.75. The van der Waals surface area contributed by atoms with Crippen molar-refractivity contribution in [2.75, 3.05) is 13.6 Å². The van der Waals surface area contributed by atoms with E-state index in [1.54, 1.807) is 11.3 Å². The smallest absolute Gasteiger partial charge is 0.191 e. The van der Waals surface area contributed by atoms with E-state index in [4.69, 9.17) is 5.73 Å². The van der Waals surface area contributed by atoms with E-state index in [-0.39, 0.29) is 0 Å². The molecule has 1 rings (SSSR count). The second-order valence-corrected chi connectivity index (χ2v) is 5.37. The highest BCUT2D eigenvalue weighted by Gasteiger charge is 2.05. The molecule has 0 saturated heterocycles. The molecule has 1 aromatic rings. The molecule has 0 radical (unpaired) electrons. The van der Waals surface area contributed by atoms with E-state index in [1.807, 2.05) is 18.9 Å². The van der Waals surface area contributed by atoms with Crippen molar-refractivity contribution in [3.05, 3.63) is 16.1 Å². The van der Waals surface area contributed by atoms with E-state index in [2.05, 4.69) is 29.2 Å². The lowest BCUT2D eigenvalue weighted by molar-refractivity contribution is 0.482. The number of rotatable bonds is 4. The normalized spacial score (nSPS) is 12.2. The van der Waals surface area contributed by atoms with Crippen LogP contribution in [-0.4, -0.2) is 29.4 Å². The van der Waals surface area contributed by atoms with E-state index in [9.17, 15) is 0 Å². The third-order valence-corrected chi connectivity index (χ3v) is 2.90. The molecule has 16 heavy (non-hydrogen) atoms. The van der Waals surface area contributed by atoms with Crippen LogP contribution in [0.5, 0.6) is 0 Å². The van der Waals surface area contributed by atoms with Crippen LogP contribution in [0.2, 0.25) is 0 Å². The molecule has 0 aromatic carbocycles. The molecule has 0 amide bonds. The Morgan fingerprint density at radius 1 is 1.62 bits per heavy atom. The van der Waals surface area contributed by atoms with E-state index in [0.29, 0.717) is 11.9 Å². The summed E-state index contributed by atoms with van der Waals surface area (Å²) in [5.41, 5.74) is 6.92. The van der Waals surface area contributed by atoms with Gasteiger partial charge < -0.3 is 10.6 Å². The first-order valence-corrected chi connectivity index (χ1v) is 6.29. The predicted octanol–water partition coefficient (Wildman–Crippen LogP) is 1.85. The molecule has 2 N–H and O–H groups in total.